The summed E-state index contributed by atoms with van der Waals surface area (Å²) in [6.07, 6.45) is 6.37. The Labute approximate surface area is 179 Å². The van der Waals surface area contributed by atoms with Crippen molar-refractivity contribution in [1.82, 2.24) is 14.7 Å². The molecule has 1 amide bonds. The van der Waals surface area contributed by atoms with Gasteiger partial charge in [0, 0.05) is 32.3 Å². The van der Waals surface area contributed by atoms with Gasteiger partial charge in [0.15, 0.2) is 0 Å². The molecular weight excluding hydrogens is 378 g/mol. The highest BCUT2D eigenvalue weighted by Gasteiger charge is 2.42. The number of hydrogen-bond acceptors (Lipinski definition) is 4. The summed E-state index contributed by atoms with van der Waals surface area (Å²) >= 11 is 0. The molecule has 3 rings (SSSR count). The molecule has 2 heterocycles. The van der Waals surface area contributed by atoms with Crippen LogP contribution in [0.3, 0.4) is 0 Å². The third-order valence-electron chi connectivity index (χ3n) is 6.07. The molecule has 2 aromatic rings. The lowest BCUT2D eigenvalue weighted by Gasteiger charge is -2.40. The summed E-state index contributed by atoms with van der Waals surface area (Å²) in [5.74, 6) is 0.0297. The van der Waals surface area contributed by atoms with Crippen LogP contribution in [0.1, 0.15) is 50.3 Å². The first-order valence-corrected chi connectivity index (χ1v) is 11.0. The van der Waals surface area contributed by atoms with Crippen molar-refractivity contribution in [2.75, 3.05) is 19.7 Å². The monoisotopic (exact) mass is 411 g/mol. The van der Waals surface area contributed by atoms with Crippen molar-refractivity contribution in [3.05, 3.63) is 53.9 Å². The first-order valence-electron chi connectivity index (χ1n) is 11.0. The highest BCUT2D eigenvalue weighted by molar-refractivity contribution is 5.79. The number of esters is 1. The maximum atomic E-state index is 12.8. The molecular formula is C24H33N3O3. The third-order valence-corrected chi connectivity index (χ3v) is 6.07. The fourth-order valence-electron chi connectivity index (χ4n) is 4.26. The van der Waals surface area contributed by atoms with Crippen LogP contribution in [0.5, 0.6) is 0 Å². The van der Waals surface area contributed by atoms with Gasteiger partial charge in [0.2, 0.25) is 5.91 Å². The molecule has 0 unspecified atom stereocenters. The quantitative estimate of drug-likeness (QED) is 0.589. The first-order chi connectivity index (χ1) is 14.5. The number of carbonyl (C=O) groups is 2. The Morgan fingerprint density at radius 1 is 1.13 bits per heavy atom. The number of nitrogens with zero attached hydrogens (tertiary/aromatic N) is 3. The number of benzene rings is 1. The number of rotatable bonds is 9. The summed E-state index contributed by atoms with van der Waals surface area (Å²) in [4.78, 5) is 27.4. The van der Waals surface area contributed by atoms with Crippen molar-refractivity contribution >= 4 is 11.9 Å². The number of hydrogen-bond donors (Lipinski definition) is 0. The number of carbonyl (C=O) groups excluding carboxylic acids is 2. The summed E-state index contributed by atoms with van der Waals surface area (Å²) in [5, 5.41) is 4.34. The third kappa shape index (κ3) is 5.71. The molecule has 1 saturated heterocycles. The molecule has 6 heteroatoms. The van der Waals surface area contributed by atoms with Gasteiger partial charge in [-0.15, -0.1) is 0 Å². The first kappa shape index (κ1) is 22.1. The Balaban J connectivity index is 1.53. The topological polar surface area (TPSA) is 64.4 Å². The average Bonchev–Trinajstić information content (AvgIpc) is 3.18. The van der Waals surface area contributed by atoms with Gasteiger partial charge in [-0.3, -0.25) is 14.3 Å². The standard InChI is InChI=1S/C24H33N3O3/c1-3-30-23(29)24(13-7-10-21-8-5-4-6-9-21)14-18-26(19-15-24)22(28)12-17-27-16-11-20(2)25-27/h4-6,8-9,11,16H,3,7,10,12-15,17-19H2,1-2H3. The minimum Gasteiger partial charge on any atom is -0.466 e. The van der Waals surface area contributed by atoms with Crippen molar-refractivity contribution in [1.29, 1.82) is 0 Å². The lowest BCUT2D eigenvalue weighted by Crippen LogP contribution is -2.47. The number of likely N-dealkylation sites (tertiary alicyclic amines) is 1. The Bertz CT molecular complexity index is 823. The Morgan fingerprint density at radius 3 is 2.50 bits per heavy atom. The van der Waals surface area contributed by atoms with Crippen LogP contribution in [0.4, 0.5) is 0 Å². The molecule has 0 atom stereocenters. The largest absolute Gasteiger partial charge is 0.466 e. The summed E-state index contributed by atoms with van der Waals surface area (Å²) < 4.78 is 7.25. The van der Waals surface area contributed by atoms with Crippen LogP contribution in [0.2, 0.25) is 0 Å². The maximum Gasteiger partial charge on any atom is 0.312 e. The molecule has 0 N–H and O–H groups in total. The van der Waals surface area contributed by atoms with Crippen molar-refractivity contribution in [2.45, 2.75) is 58.9 Å². The minimum atomic E-state index is -0.472. The maximum absolute atomic E-state index is 12.8. The molecule has 162 valence electrons. The summed E-state index contributed by atoms with van der Waals surface area (Å²) in [7, 11) is 0. The smallest absolute Gasteiger partial charge is 0.312 e. The fourth-order valence-corrected chi connectivity index (χ4v) is 4.26. The molecule has 6 nitrogen and oxygen atoms in total. The minimum absolute atomic E-state index is 0.0998. The van der Waals surface area contributed by atoms with Gasteiger partial charge in [0.1, 0.15) is 0 Å². The number of aryl methyl sites for hydroxylation is 3. The highest BCUT2D eigenvalue weighted by Crippen LogP contribution is 2.38. The Hall–Kier alpha value is -2.63. The number of aromatic nitrogens is 2. The van der Waals surface area contributed by atoms with Crippen LogP contribution in [-0.2, 0) is 27.3 Å². The van der Waals surface area contributed by atoms with Crippen LogP contribution >= 0.6 is 0 Å². The van der Waals surface area contributed by atoms with E-state index in [4.69, 9.17) is 4.74 Å². The Morgan fingerprint density at radius 2 is 1.87 bits per heavy atom. The van der Waals surface area contributed by atoms with E-state index in [9.17, 15) is 9.59 Å². The number of ether oxygens (including phenoxy) is 1. The molecule has 1 aliphatic heterocycles. The lowest BCUT2D eigenvalue weighted by atomic mass is 9.74. The Kier molecular flexibility index (Phi) is 7.66. The lowest BCUT2D eigenvalue weighted by molar-refractivity contribution is -0.161. The zero-order valence-corrected chi connectivity index (χ0v) is 18.2. The van der Waals surface area contributed by atoms with E-state index in [2.05, 4.69) is 17.2 Å². The van der Waals surface area contributed by atoms with Crippen molar-refractivity contribution in [3.63, 3.8) is 0 Å². The number of piperidine rings is 1. The summed E-state index contributed by atoms with van der Waals surface area (Å²) in [5.41, 5.74) is 1.77. The van der Waals surface area contributed by atoms with E-state index in [-0.39, 0.29) is 11.9 Å². The van der Waals surface area contributed by atoms with E-state index in [1.165, 1.54) is 5.56 Å². The van der Waals surface area contributed by atoms with Crippen molar-refractivity contribution < 1.29 is 14.3 Å². The van der Waals surface area contributed by atoms with Crippen LogP contribution in [0.15, 0.2) is 42.6 Å². The molecule has 0 saturated carbocycles. The zero-order chi connectivity index (χ0) is 21.4. The second-order valence-electron chi connectivity index (χ2n) is 8.19. The average molecular weight is 412 g/mol. The normalized spacial score (nSPS) is 15.7. The molecule has 1 aromatic carbocycles. The fraction of sp³-hybridized carbons (Fsp3) is 0.542. The van der Waals surface area contributed by atoms with E-state index in [1.54, 1.807) is 0 Å². The van der Waals surface area contributed by atoms with Crippen LogP contribution in [0.25, 0.3) is 0 Å². The van der Waals surface area contributed by atoms with Gasteiger partial charge in [-0.2, -0.15) is 5.10 Å². The summed E-state index contributed by atoms with van der Waals surface area (Å²) in [6.45, 7) is 6.00. The zero-order valence-electron chi connectivity index (χ0n) is 18.2. The summed E-state index contributed by atoms with van der Waals surface area (Å²) in [6, 6.07) is 12.3. The van der Waals surface area contributed by atoms with E-state index >= 15 is 0 Å². The van der Waals surface area contributed by atoms with Gasteiger partial charge < -0.3 is 9.64 Å². The van der Waals surface area contributed by atoms with Crippen molar-refractivity contribution in [2.24, 2.45) is 5.41 Å². The SMILES string of the molecule is CCOC(=O)C1(CCCc2ccccc2)CCN(C(=O)CCn2ccc(C)n2)CC1. The molecule has 1 aromatic heterocycles. The van der Waals surface area contributed by atoms with Gasteiger partial charge in [-0.05, 0) is 57.6 Å². The van der Waals surface area contributed by atoms with Gasteiger partial charge in [0.05, 0.1) is 17.7 Å². The van der Waals surface area contributed by atoms with Crippen LogP contribution in [0, 0.1) is 12.3 Å². The van der Waals surface area contributed by atoms with E-state index in [0.29, 0.717) is 45.5 Å². The van der Waals surface area contributed by atoms with Gasteiger partial charge >= 0.3 is 5.97 Å². The van der Waals surface area contributed by atoms with Crippen LogP contribution in [-0.4, -0.2) is 46.3 Å². The molecule has 0 radical (unpaired) electrons. The van der Waals surface area contributed by atoms with E-state index in [0.717, 1.165) is 25.0 Å². The van der Waals surface area contributed by atoms with Crippen LogP contribution < -0.4 is 0 Å². The second kappa shape index (κ2) is 10.4. The van der Waals surface area contributed by atoms with Gasteiger partial charge in [0.25, 0.3) is 0 Å². The molecule has 0 spiro atoms. The van der Waals surface area contributed by atoms with Crippen molar-refractivity contribution in [3.8, 4) is 0 Å². The molecule has 30 heavy (non-hydrogen) atoms. The molecule has 1 fully saturated rings. The molecule has 1 aliphatic rings. The number of amides is 1. The predicted molar refractivity (Wildman–Crippen MR) is 116 cm³/mol. The van der Waals surface area contributed by atoms with E-state index < -0.39 is 5.41 Å². The van der Waals surface area contributed by atoms with Gasteiger partial charge in [-0.25, -0.2) is 0 Å². The second-order valence-corrected chi connectivity index (χ2v) is 8.19. The molecule has 0 bridgehead atoms. The van der Waals surface area contributed by atoms with E-state index in [1.807, 2.05) is 53.9 Å². The van der Waals surface area contributed by atoms with Gasteiger partial charge in [-0.1, -0.05) is 30.3 Å². The molecule has 0 aliphatic carbocycles. The highest BCUT2D eigenvalue weighted by atomic mass is 16.5. The predicted octanol–water partition coefficient (Wildman–Crippen LogP) is 3.78.